The number of hydrogen-bond acceptors (Lipinski definition) is 6. The van der Waals surface area contributed by atoms with Crippen molar-refractivity contribution in [2.75, 3.05) is 37.4 Å². The molecule has 0 radical (unpaired) electrons. The maximum atomic E-state index is 12.7. The topological polar surface area (TPSA) is 98.3 Å². The predicted octanol–water partition coefficient (Wildman–Crippen LogP) is 2.85. The summed E-state index contributed by atoms with van der Waals surface area (Å²) in [7, 11) is 1.74. The van der Waals surface area contributed by atoms with E-state index in [9.17, 15) is 4.79 Å². The number of ether oxygens (including phenoxy) is 1. The van der Waals surface area contributed by atoms with E-state index in [0.29, 0.717) is 31.1 Å². The lowest BCUT2D eigenvalue weighted by Crippen LogP contribution is -2.32. The summed E-state index contributed by atoms with van der Waals surface area (Å²) in [6, 6.07) is 8.43. The summed E-state index contributed by atoms with van der Waals surface area (Å²) in [5.41, 5.74) is 13.0. The van der Waals surface area contributed by atoms with Crippen molar-refractivity contribution in [1.82, 2.24) is 20.1 Å². The number of amides is 1. The molecular weight excluding hydrogens is 416 g/mol. The molecule has 0 saturated heterocycles. The lowest BCUT2D eigenvalue weighted by atomic mass is 9.99. The number of aromatic nitrogens is 3. The zero-order chi connectivity index (χ0) is 23.4. The summed E-state index contributed by atoms with van der Waals surface area (Å²) < 4.78 is 7.08. The highest BCUT2D eigenvalue weighted by Gasteiger charge is 2.17. The van der Waals surface area contributed by atoms with E-state index in [2.05, 4.69) is 38.5 Å². The van der Waals surface area contributed by atoms with Crippen molar-refractivity contribution in [2.24, 2.45) is 0 Å². The highest BCUT2D eigenvalue weighted by molar-refractivity contribution is 5.93. The van der Waals surface area contributed by atoms with Gasteiger partial charge in [-0.1, -0.05) is 12.1 Å². The van der Waals surface area contributed by atoms with Crippen LogP contribution in [0.1, 0.15) is 44.7 Å². The highest BCUT2D eigenvalue weighted by Crippen LogP contribution is 2.28. The summed E-state index contributed by atoms with van der Waals surface area (Å²) in [5.74, 6) is 0.332. The molecule has 0 spiro atoms. The molecule has 1 amide bonds. The van der Waals surface area contributed by atoms with Crippen LogP contribution in [0.25, 0.3) is 0 Å². The van der Waals surface area contributed by atoms with E-state index in [4.69, 9.17) is 10.5 Å². The quantitative estimate of drug-likeness (QED) is 0.550. The van der Waals surface area contributed by atoms with Gasteiger partial charge in [-0.05, 0) is 61.1 Å². The van der Waals surface area contributed by atoms with Gasteiger partial charge in [-0.25, -0.2) is 4.98 Å². The zero-order valence-corrected chi connectivity index (χ0v) is 19.6. The minimum Gasteiger partial charge on any atom is -0.384 e. The first-order chi connectivity index (χ1) is 15.9. The van der Waals surface area contributed by atoms with Gasteiger partial charge in [0.1, 0.15) is 5.82 Å². The Hall–Kier alpha value is -3.39. The monoisotopic (exact) mass is 448 g/mol. The number of carbonyl (C=O) groups excluding carboxylic acids is 1. The molecule has 174 valence electrons. The van der Waals surface area contributed by atoms with Crippen molar-refractivity contribution in [3.8, 4) is 0 Å². The number of rotatable bonds is 8. The first kappa shape index (κ1) is 22.8. The number of benzene rings is 1. The molecule has 8 nitrogen and oxygen atoms in total. The number of nitrogens with two attached hydrogens (primary N) is 1. The van der Waals surface area contributed by atoms with Crippen molar-refractivity contribution >= 4 is 17.4 Å². The Morgan fingerprint density at radius 2 is 2.12 bits per heavy atom. The number of fused-ring (bicyclic) bond motifs is 1. The van der Waals surface area contributed by atoms with Crippen LogP contribution in [0.2, 0.25) is 0 Å². The lowest BCUT2D eigenvalue weighted by Gasteiger charge is -2.31. The molecule has 33 heavy (non-hydrogen) atoms. The number of aryl methyl sites for hydroxylation is 3. The smallest absolute Gasteiger partial charge is 0.254 e. The molecular formula is C25H32N6O2. The summed E-state index contributed by atoms with van der Waals surface area (Å²) >= 11 is 0. The van der Waals surface area contributed by atoms with Crippen molar-refractivity contribution in [1.29, 1.82) is 0 Å². The van der Waals surface area contributed by atoms with E-state index in [1.54, 1.807) is 24.2 Å². The standard InChI is InChI=1S/C25H32N6O2/c1-17-11-24(26)29-18(2)22(17)14-27-25(32)21-13-28-31(16-21)15-19-6-7-20-5-4-8-30(9-10-33-3)23(20)12-19/h6-7,11-13,16H,4-5,8-10,14-15H2,1-3H3,(H2,26,29)(H,27,32). The maximum Gasteiger partial charge on any atom is 0.254 e. The average molecular weight is 449 g/mol. The highest BCUT2D eigenvalue weighted by atomic mass is 16.5. The fourth-order valence-electron chi connectivity index (χ4n) is 4.41. The van der Waals surface area contributed by atoms with Gasteiger partial charge in [0.15, 0.2) is 0 Å². The number of carbonyl (C=O) groups is 1. The molecule has 1 aromatic carbocycles. The Morgan fingerprint density at radius 1 is 1.27 bits per heavy atom. The van der Waals surface area contributed by atoms with E-state index in [1.807, 2.05) is 19.9 Å². The fourth-order valence-corrected chi connectivity index (χ4v) is 4.41. The molecule has 8 heteroatoms. The summed E-state index contributed by atoms with van der Waals surface area (Å²) in [6.45, 7) is 7.54. The first-order valence-electron chi connectivity index (χ1n) is 11.3. The van der Waals surface area contributed by atoms with Crippen LogP contribution < -0.4 is 16.0 Å². The third-order valence-electron chi connectivity index (χ3n) is 6.17. The number of hydrogen-bond donors (Lipinski definition) is 2. The van der Waals surface area contributed by atoms with E-state index >= 15 is 0 Å². The Labute approximate surface area is 194 Å². The maximum absolute atomic E-state index is 12.7. The number of nitrogens with one attached hydrogen (secondary N) is 1. The molecule has 0 atom stereocenters. The minimum atomic E-state index is -0.159. The molecule has 3 aromatic rings. The molecule has 3 N–H and O–H groups in total. The van der Waals surface area contributed by atoms with Gasteiger partial charge in [0.2, 0.25) is 0 Å². The minimum absolute atomic E-state index is 0.159. The summed E-state index contributed by atoms with van der Waals surface area (Å²) in [6.07, 6.45) is 5.67. The van der Waals surface area contributed by atoms with Crippen LogP contribution in [0.4, 0.5) is 11.5 Å². The third-order valence-corrected chi connectivity index (χ3v) is 6.17. The van der Waals surface area contributed by atoms with Crippen LogP contribution in [0.5, 0.6) is 0 Å². The van der Waals surface area contributed by atoms with Crippen LogP contribution in [-0.2, 0) is 24.2 Å². The second kappa shape index (κ2) is 10.0. The van der Waals surface area contributed by atoms with E-state index in [1.165, 1.54) is 17.7 Å². The molecule has 0 saturated carbocycles. The summed E-state index contributed by atoms with van der Waals surface area (Å²) in [5, 5.41) is 7.38. The molecule has 0 bridgehead atoms. The second-order valence-electron chi connectivity index (χ2n) is 8.58. The Bertz CT molecular complexity index is 1120. The Kier molecular flexibility index (Phi) is 6.93. The van der Waals surface area contributed by atoms with E-state index < -0.39 is 0 Å². The van der Waals surface area contributed by atoms with Gasteiger partial charge in [-0.15, -0.1) is 0 Å². The van der Waals surface area contributed by atoms with Crippen molar-refractivity contribution in [2.45, 2.75) is 39.8 Å². The zero-order valence-electron chi connectivity index (χ0n) is 19.6. The molecule has 4 rings (SSSR count). The van der Waals surface area contributed by atoms with Gasteiger partial charge in [0.25, 0.3) is 5.91 Å². The van der Waals surface area contributed by atoms with Crippen molar-refractivity contribution in [3.05, 3.63) is 70.2 Å². The van der Waals surface area contributed by atoms with Crippen molar-refractivity contribution < 1.29 is 9.53 Å². The molecule has 0 unspecified atom stereocenters. The molecule has 0 fully saturated rings. The second-order valence-corrected chi connectivity index (χ2v) is 8.58. The van der Waals surface area contributed by atoms with Gasteiger partial charge >= 0.3 is 0 Å². The fraction of sp³-hybridized carbons (Fsp3) is 0.400. The molecule has 1 aliphatic rings. The number of anilines is 2. The number of nitrogen functional groups attached to an aromatic ring is 1. The van der Waals surface area contributed by atoms with Crippen LogP contribution >= 0.6 is 0 Å². The van der Waals surface area contributed by atoms with Gasteiger partial charge in [0.05, 0.1) is 24.9 Å². The molecule has 1 aliphatic heterocycles. The number of pyridine rings is 1. The number of nitrogens with zero attached hydrogens (tertiary/aromatic N) is 4. The lowest BCUT2D eigenvalue weighted by molar-refractivity contribution is 0.0950. The van der Waals surface area contributed by atoms with Gasteiger partial charge in [-0.2, -0.15) is 5.10 Å². The molecule has 2 aromatic heterocycles. The third kappa shape index (κ3) is 5.34. The normalized spacial score (nSPS) is 13.1. The Morgan fingerprint density at radius 3 is 2.91 bits per heavy atom. The molecule has 0 aliphatic carbocycles. The number of methoxy groups -OCH3 is 1. The average Bonchev–Trinajstić information content (AvgIpc) is 3.25. The van der Waals surface area contributed by atoms with Gasteiger partial charge in [-0.3, -0.25) is 9.48 Å². The Balaban J connectivity index is 1.41. The largest absolute Gasteiger partial charge is 0.384 e. The van der Waals surface area contributed by atoms with E-state index in [-0.39, 0.29) is 5.91 Å². The predicted molar refractivity (Wildman–Crippen MR) is 129 cm³/mol. The van der Waals surface area contributed by atoms with E-state index in [0.717, 1.165) is 41.9 Å². The first-order valence-corrected chi connectivity index (χ1v) is 11.3. The van der Waals surface area contributed by atoms with Gasteiger partial charge in [0, 0.05) is 44.3 Å². The van der Waals surface area contributed by atoms with Crippen LogP contribution in [0.3, 0.4) is 0 Å². The summed E-state index contributed by atoms with van der Waals surface area (Å²) in [4.78, 5) is 19.4. The van der Waals surface area contributed by atoms with Crippen molar-refractivity contribution in [3.63, 3.8) is 0 Å². The van der Waals surface area contributed by atoms with Crippen LogP contribution in [-0.4, -0.2) is 47.5 Å². The van der Waals surface area contributed by atoms with Crippen LogP contribution in [0.15, 0.2) is 36.7 Å². The van der Waals surface area contributed by atoms with Gasteiger partial charge < -0.3 is 20.7 Å². The van der Waals surface area contributed by atoms with Crippen LogP contribution in [0, 0.1) is 13.8 Å². The molecule has 3 heterocycles. The SMILES string of the molecule is COCCN1CCCc2ccc(Cn3cc(C(=O)NCc4c(C)cc(N)nc4C)cn3)cc21.